The van der Waals surface area contributed by atoms with Gasteiger partial charge in [0.15, 0.2) is 0 Å². The van der Waals surface area contributed by atoms with Crippen molar-refractivity contribution in [3.63, 3.8) is 0 Å². The number of nitrogens with one attached hydrogen (secondary N) is 2. The highest BCUT2D eigenvalue weighted by Gasteiger charge is 2.28. The van der Waals surface area contributed by atoms with Gasteiger partial charge in [0.2, 0.25) is 5.91 Å². The van der Waals surface area contributed by atoms with Crippen LogP contribution in [0, 0.1) is 0 Å². The number of piperidine rings is 1. The first kappa shape index (κ1) is 20.9. The number of amides is 1. The number of benzene rings is 1. The van der Waals surface area contributed by atoms with E-state index in [1.54, 1.807) is 0 Å². The number of rotatable bonds is 5. The second-order valence-corrected chi connectivity index (χ2v) is 9.11. The molecule has 2 aliphatic rings. The lowest BCUT2D eigenvalue weighted by Gasteiger charge is -2.32. The number of aryl methyl sites for hydroxylation is 1. The quantitative estimate of drug-likeness (QED) is 0.647. The van der Waals surface area contributed by atoms with Crippen LogP contribution >= 0.6 is 0 Å². The van der Waals surface area contributed by atoms with Gasteiger partial charge in [0.25, 0.3) is 0 Å². The van der Waals surface area contributed by atoms with E-state index in [0.29, 0.717) is 12.3 Å². The van der Waals surface area contributed by atoms with Gasteiger partial charge < -0.3 is 20.1 Å². The zero-order chi connectivity index (χ0) is 22.1. The van der Waals surface area contributed by atoms with Crippen LogP contribution in [-0.2, 0) is 24.2 Å². The SMILES string of the molecule is CNc1nc(C2CCN(C(=O)CCc3c[nH]c4ccccc34)CC2)nc2c1CCN(C)C2. The van der Waals surface area contributed by atoms with Gasteiger partial charge in [-0.1, -0.05) is 18.2 Å². The van der Waals surface area contributed by atoms with E-state index < -0.39 is 0 Å². The minimum Gasteiger partial charge on any atom is -0.373 e. The Kier molecular flexibility index (Phi) is 5.83. The molecule has 2 aromatic heterocycles. The number of anilines is 1. The zero-order valence-corrected chi connectivity index (χ0v) is 19.0. The molecule has 0 spiro atoms. The van der Waals surface area contributed by atoms with Crippen LogP contribution in [0.1, 0.15) is 47.8 Å². The summed E-state index contributed by atoms with van der Waals surface area (Å²) in [5.74, 6) is 2.49. The standard InChI is InChI=1S/C25H32N6O/c1-26-25-20-11-12-30(2)16-22(20)28-24(29-25)17-9-13-31(14-10-17)23(32)8-7-18-15-27-21-6-4-3-5-19(18)21/h3-6,15,17,27H,7-14,16H2,1-2H3,(H,26,28,29). The van der Waals surface area contributed by atoms with Gasteiger partial charge >= 0.3 is 0 Å². The fraction of sp³-hybridized carbons (Fsp3) is 0.480. The lowest BCUT2D eigenvalue weighted by Crippen LogP contribution is -2.38. The second-order valence-electron chi connectivity index (χ2n) is 9.11. The highest BCUT2D eigenvalue weighted by Crippen LogP contribution is 2.30. The van der Waals surface area contributed by atoms with Crippen LogP contribution in [0.4, 0.5) is 5.82 Å². The molecule has 0 unspecified atom stereocenters. The highest BCUT2D eigenvalue weighted by atomic mass is 16.2. The van der Waals surface area contributed by atoms with Crippen molar-refractivity contribution in [1.82, 2.24) is 24.8 Å². The van der Waals surface area contributed by atoms with E-state index in [1.807, 2.05) is 30.3 Å². The topological polar surface area (TPSA) is 77.1 Å². The van der Waals surface area contributed by atoms with E-state index in [2.05, 4.69) is 34.4 Å². The first-order chi connectivity index (χ1) is 15.6. The fourth-order valence-electron chi connectivity index (χ4n) is 5.09. The predicted molar refractivity (Wildman–Crippen MR) is 127 cm³/mol. The number of aromatic nitrogens is 3. The van der Waals surface area contributed by atoms with Gasteiger partial charge in [-0.05, 0) is 44.4 Å². The number of carbonyl (C=O) groups excluding carboxylic acids is 1. The molecular formula is C25H32N6O. The van der Waals surface area contributed by atoms with E-state index in [-0.39, 0.29) is 5.91 Å². The number of nitrogens with zero attached hydrogens (tertiary/aromatic N) is 4. The van der Waals surface area contributed by atoms with Crippen molar-refractivity contribution in [3.05, 3.63) is 53.1 Å². The molecule has 3 aromatic rings. The van der Waals surface area contributed by atoms with E-state index in [9.17, 15) is 4.79 Å². The third-order valence-corrected chi connectivity index (χ3v) is 7.01. The summed E-state index contributed by atoms with van der Waals surface area (Å²) in [6, 6.07) is 8.27. The van der Waals surface area contributed by atoms with Gasteiger partial charge in [-0.2, -0.15) is 0 Å². The molecule has 32 heavy (non-hydrogen) atoms. The van der Waals surface area contributed by atoms with Crippen LogP contribution in [0.15, 0.2) is 30.5 Å². The summed E-state index contributed by atoms with van der Waals surface area (Å²) in [6.07, 6.45) is 6.21. The fourth-order valence-corrected chi connectivity index (χ4v) is 5.09. The van der Waals surface area contributed by atoms with Crippen molar-refractivity contribution in [3.8, 4) is 0 Å². The Balaban J connectivity index is 1.20. The van der Waals surface area contributed by atoms with Gasteiger partial charge in [0.05, 0.1) is 5.69 Å². The van der Waals surface area contributed by atoms with Crippen molar-refractivity contribution in [1.29, 1.82) is 0 Å². The molecular weight excluding hydrogens is 400 g/mol. The summed E-state index contributed by atoms with van der Waals surface area (Å²) in [4.78, 5) is 30.3. The molecule has 0 radical (unpaired) electrons. The minimum atomic E-state index is 0.248. The van der Waals surface area contributed by atoms with E-state index >= 15 is 0 Å². The van der Waals surface area contributed by atoms with Crippen molar-refractivity contribution in [2.45, 2.75) is 44.6 Å². The number of likely N-dealkylation sites (tertiary alicyclic amines) is 1. The maximum atomic E-state index is 12.9. The van der Waals surface area contributed by atoms with Crippen LogP contribution in [0.3, 0.4) is 0 Å². The van der Waals surface area contributed by atoms with Crippen LogP contribution in [-0.4, -0.2) is 64.4 Å². The molecule has 7 heteroatoms. The summed E-state index contributed by atoms with van der Waals surface area (Å²) in [7, 11) is 4.09. The molecule has 2 N–H and O–H groups in total. The van der Waals surface area contributed by atoms with Gasteiger partial charge in [-0.25, -0.2) is 9.97 Å². The lowest BCUT2D eigenvalue weighted by molar-refractivity contribution is -0.132. The predicted octanol–water partition coefficient (Wildman–Crippen LogP) is 3.33. The van der Waals surface area contributed by atoms with Crippen LogP contribution in [0.5, 0.6) is 0 Å². The Hall–Kier alpha value is -2.93. The van der Waals surface area contributed by atoms with Crippen LogP contribution in [0.25, 0.3) is 10.9 Å². The van der Waals surface area contributed by atoms with Crippen molar-refractivity contribution in [2.75, 3.05) is 39.0 Å². The average molecular weight is 433 g/mol. The molecule has 2 aliphatic heterocycles. The minimum absolute atomic E-state index is 0.248. The highest BCUT2D eigenvalue weighted by molar-refractivity contribution is 5.84. The molecule has 4 heterocycles. The number of carbonyl (C=O) groups is 1. The Morgan fingerprint density at radius 1 is 1.19 bits per heavy atom. The first-order valence-electron chi connectivity index (χ1n) is 11.7. The maximum absolute atomic E-state index is 12.9. The van der Waals surface area contributed by atoms with Crippen LogP contribution in [0.2, 0.25) is 0 Å². The number of H-pyrrole nitrogens is 1. The summed E-state index contributed by atoms with van der Waals surface area (Å²) < 4.78 is 0. The Morgan fingerprint density at radius 3 is 2.81 bits per heavy atom. The normalized spacial score (nSPS) is 17.5. The van der Waals surface area contributed by atoms with E-state index in [1.165, 1.54) is 16.5 Å². The van der Waals surface area contributed by atoms with Gasteiger partial charge in [-0.15, -0.1) is 0 Å². The van der Waals surface area contributed by atoms with Gasteiger partial charge in [0, 0.05) is 68.2 Å². The van der Waals surface area contributed by atoms with Gasteiger partial charge in [0.1, 0.15) is 11.6 Å². The number of likely N-dealkylation sites (N-methyl/N-ethyl adjacent to an activating group) is 1. The maximum Gasteiger partial charge on any atom is 0.222 e. The molecule has 7 nitrogen and oxygen atoms in total. The zero-order valence-electron chi connectivity index (χ0n) is 19.0. The molecule has 0 atom stereocenters. The van der Waals surface area contributed by atoms with E-state index in [0.717, 1.165) is 74.7 Å². The first-order valence-corrected chi connectivity index (χ1v) is 11.7. The largest absolute Gasteiger partial charge is 0.373 e. The second kappa shape index (κ2) is 8.90. The van der Waals surface area contributed by atoms with Crippen molar-refractivity contribution >= 4 is 22.6 Å². The number of hydrogen-bond donors (Lipinski definition) is 2. The number of para-hydroxylation sites is 1. The monoisotopic (exact) mass is 432 g/mol. The molecule has 168 valence electrons. The van der Waals surface area contributed by atoms with Crippen molar-refractivity contribution in [2.24, 2.45) is 0 Å². The molecule has 0 bridgehead atoms. The third kappa shape index (κ3) is 4.09. The molecule has 1 saturated heterocycles. The number of aromatic amines is 1. The van der Waals surface area contributed by atoms with E-state index in [4.69, 9.17) is 9.97 Å². The Bertz CT molecular complexity index is 1110. The van der Waals surface area contributed by atoms with Gasteiger partial charge in [-0.3, -0.25) is 4.79 Å². The average Bonchev–Trinajstić information content (AvgIpc) is 3.24. The molecule has 1 aromatic carbocycles. The smallest absolute Gasteiger partial charge is 0.222 e. The summed E-state index contributed by atoms with van der Waals surface area (Å²) in [5, 5.41) is 4.50. The summed E-state index contributed by atoms with van der Waals surface area (Å²) in [6.45, 7) is 3.49. The summed E-state index contributed by atoms with van der Waals surface area (Å²) >= 11 is 0. The Labute approximate surface area is 189 Å². The van der Waals surface area contributed by atoms with Crippen molar-refractivity contribution < 1.29 is 4.79 Å². The number of hydrogen-bond acceptors (Lipinski definition) is 5. The Morgan fingerprint density at radius 2 is 2.00 bits per heavy atom. The molecule has 0 aliphatic carbocycles. The molecule has 1 amide bonds. The molecule has 5 rings (SSSR count). The summed E-state index contributed by atoms with van der Waals surface area (Å²) in [5.41, 5.74) is 4.77. The lowest BCUT2D eigenvalue weighted by atomic mass is 9.94. The third-order valence-electron chi connectivity index (χ3n) is 7.01. The molecule has 1 fully saturated rings. The number of fused-ring (bicyclic) bond motifs is 2. The van der Waals surface area contributed by atoms with Crippen LogP contribution < -0.4 is 5.32 Å². The molecule has 0 saturated carbocycles.